The van der Waals surface area contributed by atoms with E-state index in [4.69, 9.17) is 0 Å². The predicted molar refractivity (Wildman–Crippen MR) is 107 cm³/mol. The smallest absolute Gasteiger partial charge is 0.254 e. The molecule has 2 amide bonds. The van der Waals surface area contributed by atoms with Gasteiger partial charge in [-0.05, 0) is 43.7 Å². The van der Waals surface area contributed by atoms with Gasteiger partial charge in [-0.3, -0.25) is 9.59 Å². The van der Waals surface area contributed by atoms with E-state index in [2.05, 4.69) is 9.55 Å². The Hall–Kier alpha value is -2.63. The molecule has 0 saturated carbocycles. The van der Waals surface area contributed by atoms with Crippen LogP contribution in [0.2, 0.25) is 0 Å². The van der Waals surface area contributed by atoms with Gasteiger partial charge in [-0.25, -0.2) is 4.98 Å². The number of hydrogen-bond acceptors (Lipinski definition) is 3. The summed E-state index contributed by atoms with van der Waals surface area (Å²) in [4.78, 5) is 33.1. The van der Waals surface area contributed by atoms with E-state index in [9.17, 15) is 9.59 Å². The fourth-order valence-corrected chi connectivity index (χ4v) is 4.32. The van der Waals surface area contributed by atoms with Crippen LogP contribution in [0.1, 0.15) is 47.4 Å². The SMILES string of the molecule is Cc1nccn1CCC1CCN(C(=O)CCN2Cc3ccccc3C2=O)CC1. The number of aryl methyl sites for hydroxylation is 2. The number of aromatic nitrogens is 2. The second-order valence-electron chi connectivity index (χ2n) is 7.91. The van der Waals surface area contributed by atoms with Crippen LogP contribution in [0.25, 0.3) is 0 Å². The lowest BCUT2D eigenvalue weighted by Gasteiger charge is -2.32. The summed E-state index contributed by atoms with van der Waals surface area (Å²) in [6.07, 6.45) is 7.56. The number of amides is 2. The van der Waals surface area contributed by atoms with E-state index in [1.165, 1.54) is 0 Å². The van der Waals surface area contributed by atoms with E-state index in [-0.39, 0.29) is 11.8 Å². The van der Waals surface area contributed by atoms with Crippen LogP contribution >= 0.6 is 0 Å². The first-order chi connectivity index (χ1) is 13.6. The zero-order valence-corrected chi connectivity index (χ0v) is 16.5. The van der Waals surface area contributed by atoms with Crippen LogP contribution in [0.3, 0.4) is 0 Å². The maximum absolute atomic E-state index is 12.6. The maximum Gasteiger partial charge on any atom is 0.254 e. The molecule has 1 fully saturated rings. The second kappa shape index (κ2) is 8.17. The summed E-state index contributed by atoms with van der Waals surface area (Å²) in [5.74, 6) is 1.95. The molecule has 0 atom stereocenters. The Balaban J connectivity index is 1.20. The molecule has 3 heterocycles. The highest BCUT2D eigenvalue weighted by molar-refractivity contribution is 5.98. The molecule has 1 aromatic carbocycles. The minimum absolute atomic E-state index is 0.0527. The molecule has 1 aromatic heterocycles. The number of hydrogen-bond donors (Lipinski definition) is 0. The molecular formula is C22H28N4O2. The molecule has 0 bridgehead atoms. The summed E-state index contributed by atoms with van der Waals surface area (Å²) < 4.78 is 2.20. The number of nitrogens with zero attached hydrogens (tertiary/aromatic N) is 4. The highest BCUT2D eigenvalue weighted by Crippen LogP contribution is 2.24. The molecule has 0 spiro atoms. The zero-order valence-electron chi connectivity index (χ0n) is 16.5. The Labute approximate surface area is 166 Å². The van der Waals surface area contributed by atoms with Gasteiger partial charge < -0.3 is 14.4 Å². The van der Waals surface area contributed by atoms with Crippen LogP contribution in [-0.4, -0.2) is 50.8 Å². The van der Waals surface area contributed by atoms with Crippen molar-refractivity contribution in [2.75, 3.05) is 19.6 Å². The number of benzene rings is 1. The molecule has 6 heteroatoms. The van der Waals surface area contributed by atoms with Crippen molar-refractivity contribution in [1.29, 1.82) is 0 Å². The van der Waals surface area contributed by atoms with Crippen LogP contribution < -0.4 is 0 Å². The lowest BCUT2D eigenvalue weighted by molar-refractivity contribution is -0.132. The summed E-state index contributed by atoms with van der Waals surface area (Å²) in [6.45, 7) is 5.83. The summed E-state index contributed by atoms with van der Waals surface area (Å²) in [5, 5.41) is 0. The molecule has 0 N–H and O–H groups in total. The summed E-state index contributed by atoms with van der Waals surface area (Å²) in [7, 11) is 0. The highest BCUT2D eigenvalue weighted by Gasteiger charge is 2.28. The van der Waals surface area contributed by atoms with Gasteiger partial charge in [0.15, 0.2) is 0 Å². The lowest BCUT2D eigenvalue weighted by atomic mass is 9.93. The number of rotatable bonds is 6. The number of carbonyl (C=O) groups is 2. The Morgan fingerprint density at radius 1 is 1.18 bits per heavy atom. The van der Waals surface area contributed by atoms with Gasteiger partial charge in [-0.2, -0.15) is 0 Å². The number of piperidine rings is 1. The molecule has 4 rings (SSSR count). The van der Waals surface area contributed by atoms with Crippen molar-refractivity contribution in [2.45, 2.75) is 45.7 Å². The maximum atomic E-state index is 12.6. The molecule has 1 saturated heterocycles. The number of imidazole rings is 1. The summed E-state index contributed by atoms with van der Waals surface area (Å²) in [5.41, 5.74) is 1.85. The minimum Gasteiger partial charge on any atom is -0.343 e. The number of fused-ring (bicyclic) bond motifs is 1. The van der Waals surface area contributed by atoms with Gasteiger partial charge in [-0.15, -0.1) is 0 Å². The highest BCUT2D eigenvalue weighted by atomic mass is 16.2. The fraction of sp³-hybridized carbons (Fsp3) is 0.500. The predicted octanol–water partition coefficient (Wildman–Crippen LogP) is 2.87. The van der Waals surface area contributed by atoms with Crippen molar-refractivity contribution in [3.8, 4) is 0 Å². The molecule has 148 valence electrons. The Morgan fingerprint density at radius 2 is 1.96 bits per heavy atom. The van der Waals surface area contributed by atoms with Crippen LogP contribution in [-0.2, 0) is 17.9 Å². The van der Waals surface area contributed by atoms with Crippen molar-refractivity contribution in [3.63, 3.8) is 0 Å². The van der Waals surface area contributed by atoms with Crippen LogP contribution in [0.15, 0.2) is 36.7 Å². The Bertz CT molecular complexity index is 852. The van der Waals surface area contributed by atoms with Crippen molar-refractivity contribution in [3.05, 3.63) is 53.6 Å². The van der Waals surface area contributed by atoms with E-state index in [1.807, 2.05) is 48.5 Å². The van der Waals surface area contributed by atoms with Gasteiger partial charge in [0, 0.05) is 57.1 Å². The van der Waals surface area contributed by atoms with Gasteiger partial charge in [-0.1, -0.05) is 18.2 Å². The molecule has 6 nitrogen and oxygen atoms in total. The molecule has 2 aliphatic rings. The minimum atomic E-state index is 0.0527. The third-order valence-corrected chi connectivity index (χ3v) is 6.16. The average Bonchev–Trinajstić information content (AvgIpc) is 3.28. The van der Waals surface area contributed by atoms with E-state index in [0.29, 0.717) is 25.4 Å². The van der Waals surface area contributed by atoms with Crippen molar-refractivity contribution >= 4 is 11.8 Å². The molecule has 2 aliphatic heterocycles. The third kappa shape index (κ3) is 3.96. The van der Waals surface area contributed by atoms with Crippen molar-refractivity contribution in [1.82, 2.24) is 19.4 Å². The molecular weight excluding hydrogens is 352 g/mol. The fourth-order valence-electron chi connectivity index (χ4n) is 4.32. The lowest BCUT2D eigenvalue weighted by Crippen LogP contribution is -2.40. The first-order valence-electron chi connectivity index (χ1n) is 10.2. The molecule has 0 unspecified atom stereocenters. The number of carbonyl (C=O) groups excluding carboxylic acids is 2. The standard InChI is InChI=1S/C22H28N4O2/c1-17-23-10-15-24(17)11-6-18-7-12-25(13-8-18)21(27)9-14-26-16-19-4-2-3-5-20(19)22(26)28/h2-5,10,15,18H,6-9,11-14,16H2,1H3. The van der Waals surface area contributed by atoms with Gasteiger partial charge in [0.05, 0.1) is 0 Å². The van der Waals surface area contributed by atoms with Crippen LogP contribution in [0.5, 0.6) is 0 Å². The van der Waals surface area contributed by atoms with E-state index in [1.54, 1.807) is 4.90 Å². The summed E-state index contributed by atoms with van der Waals surface area (Å²) in [6, 6.07) is 7.71. The quantitative estimate of drug-likeness (QED) is 0.774. The zero-order chi connectivity index (χ0) is 19.5. The topological polar surface area (TPSA) is 58.4 Å². The van der Waals surface area contributed by atoms with Gasteiger partial charge >= 0.3 is 0 Å². The second-order valence-corrected chi connectivity index (χ2v) is 7.91. The van der Waals surface area contributed by atoms with Crippen molar-refractivity contribution in [2.24, 2.45) is 5.92 Å². The molecule has 28 heavy (non-hydrogen) atoms. The van der Waals surface area contributed by atoms with Gasteiger partial charge in [0.2, 0.25) is 5.91 Å². The van der Waals surface area contributed by atoms with Gasteiger partial charge in [0.1, 0.15) is 5.82 Å². The Morgan fingerprint density at radius 3 is 2.68 bits per heavy atom. The van der Waals surface area contributed by atoms with Gasteiger partial charge in [0.25, 0.3) is 5.91 Å². The number of likely N-dealkylation sites (tertiary alicyclic amines) is 1. The first kappa shape index (κ1) is 18.7. The normalized spacial score (nSPS) is 17.2. The third-order valence-electron chi connectivity index (χ3n) is 6.16. The monoisotopic (exact) mass is 380 g/mol. The van der Waals surface area contributed by atoms with Crippen molar-refractivity contribution < 1.29 is 9.59 Å². The Kier molecular flexibility index (Phi) is 5.46. The average molecular weight is 380 g/mol. The van der Waals surface area contributed by atoms with Crippen LogP contribution in [0.4, 0.5) is 0 Å². The van der Waals surface area contributed by atoms with E-state index < -0.39 is 0 Å². The molecule has 2 aromatic rings. The van der Waals surface area contributed by atoms with E-state index in [0.717, 1.165) is 55.8 Å². The first-order valence-corrected chi connectivity index (χ1v) is 10.2. The summed E-state index contributed by atoms with van der Waals surface area (Å²) >= 11 is 0. The molecule has 0 radical (unpaired) electrons. The van der Waals surface area contributed by atoms with Crippen LogP contribution in [0, 0.1) is 12.8 Å². The molecule has 0 aliphatic carbocycles. The largest absolute Gasteiger partial charge is 0.343 e. The van der Waals surface area contributed by atoms with E-state index >= 15 is 0 Å².